The molecule has 2 heterocycles. The number of nitrogens with zero attached hydrogens (tertiary/aromatic N) is 2. The van der Waals surface area contributed by atoms with Gasteiger partial charge in [-0.2, -0.15) is 13.2 Å². The van der Waals surface area contributed by atoms with Gasteiger partial charge in [0.15, 0.2) is 0 Å². The summed E-state index contributed by atoms with van der Waals surface area (Å²) in [5, 5.41) is 1.99. The lowest BCUT2D eigenvalue weighted by molar-refractivity contribution is -0.137. The summed E-state index contributed by atoms with van der Waals surface area (Å²) in [6, 6.07) is 4.40. The van der Waals surface area contributed by atoms with E-state index in [-0.39, 0.29) is 17.9 Å². The van der Waals surface area contributed by atoms with Crippen LogP contribution in [0.3, 0.4) is 0 Å². The van der Waals surface area contributed by atoms with E-state index in [9.17, 15) is 22.4 Å². The molecular formula is C19H17ClF4N4O2. The zero-order chi connectivity index (χ0) is 22.1. The number of rotatable bonds is 3. The summed E-state index contributed by atoms with van der Waals surface area (Å²) in [5.74, 6) is -1.12. The summed E-state index contributed by atoms with van der Waals surface area (Å²) in [4.78, 5) is 20.3. The van der Waals surface area contributed by atoms with Crippen molar-refractivity contribution in [3.8, 4) is 0 Å². The number of ether oxygens (including phenoxy) is 1. The lowest BCUT2D eigenvalue weighted by atomic mass is 9.92. The summed E-state index contributed by atoms with van der Waals surface area (Å²) in [6.45, 7) is 2.07. The third-order valence-corrected chi connectivity index (χ3v) is 4.75. The zero-order valence-electron chi connectivity index (χ0n) is 15.7. The number of pyridine rings is 1. The average molecular weight is 445 g/mol. The second-order valence-corrected chi connectivity index (χ2v) is 7.29. The van der Waals surface area contributed by atoms with Crippen molar-refractivity contribution in [1.82, 2.24) is 4.98 Å². The largest absolute Gasteiger partial charge is 0.417 e. The predicted octanol–water partition coefficient (Wildman–Crippen LogP) is 4.14. The smallest absolute Gasteiger partial charge is 0.387 e. The van der Waals surface area contributed by atoms with Crippen LogP contribution in [-0.2, 0) is 16.5 Å². The fourth-order valence-electron chi connectivity index (χ4n) is 2.96. The van der Waals surface area contributed by atoms with E-state index in [1.165, 1.54) is 12.1 Å². The molecule has 0 saturated carbocycles. The molecule has 0 fully saturated rings. The first-order valence-corrected chi connectivity index (χ1v) is 9.13. The van der Waals surface area contributed by atoms with E-state index in [0.29, 0.717) is 31.1 Å². The van der Waals surface area contributed by atoms with Crippen molar-refractivity contribution in [1.29, 1.82) is 0 Å². The van der Waals surface area contributed by atoms with Crippen molar-refractivity contribution in [2.75, 3.05) is 18.5 Å². The highest BCUT2D eigenvalue weighted by atomic mass is 35.5. The maximum Gasteiger partial charge on any atom is 0.417 e. The Bertz CT molecular complexity index is 1010. The number of amidine groups is 1. The molecule has 1 aliphatic rings. The summed E-state index contributed by atoms with van der Waals surface area (Å²) < 4.78 is 58.2. The van der Waals surface area contributed by atoms with Crippen LogP contribution in [0.1, 0.15) is 35.0 Å². The number of benzene rings is 1. The highest BCUT2D eigenvalue weighted by molar-refractivity contribution is 6.34. The molecule has 1 aromatic carbocycles. The zero-order valence-corrected chi connectivity index (χ0v) is 16.4. The number of nitrogens with one attached hydrogen (secondary N) is 1. The van der Waals surface area contributed by atoms with Gasteiger partial charge in [0.1, 0.15) is 17.1 Å². The monoisotopic (exact) mass is 444 g/mol. The molecule has 0 aliphatic carbocycles. The minimum atomic E-state index is -4.64. The van der Waals surface area contributed by atoms with E-state index in [4.69, 9.17) is 22.1 Å². The van der Waals surface area contributed by atoms with E-state index >= 15 is 0 Å². The van der Waals surface area contributed by atoms with Gasteiger partial charge in [0.05, 0.1) is 29.6 Å². The Balaban J connectivity index is 1.89. The van der Waals surface area contributed by atoms with Crippen LogP contribution in [-0.4, -0.2) is 29.9 Å². The summed E-state index contributed by atoms with van der Waals surface area (Å²) in [5.41, 5.74) is 3.54. The third-order valence-electron chi connectivity index (χ3n) is 4.46. The van der Waals surface area contributed by atoms with Crippen LogP contribution in [0.25, 0.3) is 0 Å². The average Bonchev–Trinajstić information content (AvgIpc) is 2.83. The van der Waals surface area contributed by atoms with Gasteiger partial charge in [-0.3, -0.25) is 9.79 Å². The number of carbonyl (C=O) groups is 1. The van der Waals surface area contributed by atoms with E-state index in [0.717, 1.165) is 6.07 Å². The summed E-state index contributed by atoms with van der Waals surface area (Å²) in [6.07, 6.45) is -3.72. The number of alkyl halides is 3. The minimum absolute atomic E-state index is 0.0777. The van der Waals surface area contributed by atoms with Gasteiger partial charge in [-0.25, -0.2) is 9.37 Å². The molecule has 3 rings (SSSR count). The molecule has 11 heteroatoms. The van der Waals surface area contributed by atoms with Gasteiger partial charge in [-0.1, -0.05) is 11.6 Å². The summed E-state index contributed by atoms with van der Waals surface area (Å²) in [7, 11) is 0. The number of hydrogen-bond donors (Lipinski definition) is 2. The van der Waals surface area contributed by atoms with Gasteiger partial charge < -0.3 is 15.8 Å². The van der Waals surface area contributed by atoms with Gasteiger partial charge >= 0.3 is 6.18 Å². The quantitative estimate of drug-likeness (QED) is 0.696. The molecule has 1 aromatic heterocycles. The maximum atomic E-state index is 14.5. The van der Waals surface area contributed by atoms with Crippen LogP contribution in [0.5, 0.6) is 0 Å². The van der Waals surface area contributed by atoms with E-state index in [1.807, 2.05) is 0 Å². The Labute approximate surface area is 174 Å². The van der Waals surface area contributed by atoms with Gasteiger partial charge in [-0.15, -0.1) is 0 Å². The number of aromatic nitrogens is 1. The Morgan fingerprint density at radius 1 is 1.33 bits per heavy atom. The van der Waals surface area contributed by atoms with Crippen LogP contribution >= 0.6 is 11.6 Å². The second kappa shape index (κ2) is 8.19. The Hall–Kier alpha value is -2.72. The van der Waals surface area contributed by atoms with Crippen molar-refractivity contribution in [3.05, 3.63) is 58.1 Å². The fraction of sp³-hybridized carbons (Fsp3) is 0.316. The molecule has 160 valence electrons. The molecule has 0 spiro atoms. The second-order valence-electron chi connectivity index (χ2n) is 6.88. The van der Waals surface area contributed by atoms with Crippen molar-refractivity contribution in [2.45, 2.75) is 25.1 Å². The standard InChI is InChI=1S/C19H17ClF4N4O2/c1-18(9-30-5-4-15(25)28-18)12-7-11(2-3-14(12)21)27-17(29)16-13(20)6-10(8-26-16)19(22,23)24/h2-3,6-8H,4-5,9H2,1H3,(H2,25,28)(H,27,29). The number of carbonyl (C=O) groups excluding carboxylic acids is 1. The van der Waals surface area contributed by atoms with E-state index in [1.54, 1.807) is 6.92 Å². The first kappa shape index (κ1) is 22.0. The number of nitrogens with two attached hydrogens (primary N) is 1. The molecule has 6 nitrogen and oxygen atoms in total. The van der Waals surface area contributed by atoms with E-state index < -0.39 is 39.7 Å². The fourth-order valence-corrected chi connectivity index (χ4v) is 3.21. The Kier molecular flexibility index (Phi) is 6.00. The molecule has 0 saturated heterocycles. The molecule has 30 heavy (non-hydrogen) atoms. The van der Waals surface area contributed by atoms with Crippen LogP contribution in [0.4, 0.5) is 23.2 Å². The van der Waals surface area contributed by atoms with Crippen LogP contribution in [0, 0.1) is 5.82 Å². The third kappa shape index (κ3) is 4.71. The van der Waals surface area contributed by atoms with Crippen LogP contribution in [0.15, 0.2) is 35.5 Å². The molecule has 1 unspecified atom stereocenters. The Morgan fingerprint density at radius 3 is 2.73 bits per heavy atom. The molecular weight excluding hydrogens is 428 g/mol. The lowest BCUT2D eigenvalue weighted by Gasteiger charge is -2.25. The first-order valence-electron chi connectivity index (χ1n) is 8.76. The number of halogens is 5. The van der Waals surface area contributed by atoms with Crippen molar-refractivity contribution in [3.63, 3.8) is 0 Å². The van der Waals surface area contributed by atoms with Gasteiger partial charge in [-0.05, 0) is 31.2 Å². The van der Waals surface area contributed by atoms with Gasteiger partial charge in [0, 0.05) is 23.9 Å². The number of hydrogen-bond acceptors (Lipinski definition) is 5. The number of aliphatic imine (C=N–C) groups is 1. The molecule has 0 bridgehead atoms. The van der Waals surface area contributed by atoms with Crippen molar-refractivity contribution in [2.24, 2.45) is 10.7 Å². The van der Waals surface area contributed by atoms with Gasteiger partial charge in [0.2, 0.25) is 0 Å². The van der Waals surface area contributed by atoms with Crippen molar-refractivity contribution >= 4 is 29.0 Å². The van der Waals surface area contributed by atoms with Crippen LogP contribution in [0.2, 0.25) is 5.02 Å². The number of anilines is 1. The van der Waals surface area contributed by atoms with Crippen LogP contribution < -0.4 is 11.1 Å². The van der Waals surface area contributed by atoms with E-state index in [2.05, 4.69) is 15.3 Å². The lowest BCUT2D eigenvalue weighted by Crippen LogP contribution is -2.28. The van der Waals surface area contributed by atoms with Gasteiger partial charge in [0.25, 0.3) is 5.91 Å². The number of amides is 1. The maximum absolute atomic E-state index is 14.5. The molecule has 2 aromatic rings. The molecule has 1 aliphatic heterocycles. The molecule has 1 amide bonds. The Morgan fingerprint density at radius 2 is 2.07 bits per heavy atom. The topological polar surface area (TPSA) is 89.6 Å². The minimum Gasteiger partial charge on any atom is -0.387 e. The van der Waals surface area contributed by atoms with Crippen molar-refractivity contribution < 1.29 is 27.1 Å². The highest BCUT2D eigenvalue weighted by Gasteiger charge is 2.33. The molecule has 1 atom stereocenters. The highest BCUT2D eigenvalue weighted by Crippen LogP contribution is 2.33. The summed E-state index contributed by atoms with van der Waals surface area (Å²) >= 11 is 5.80. The molecule has 3 N–H and O–H groups in total. The SMILES string of the molecule is CC1(c2cc(NC(=O)c3ncc(C(F)(F)F)cc3Cl)ccc2F)COCCC(N)=N1. The normalized spacial score (nSPS) is 19.7. The molecule has 0 radical (unpaired) electrons. The first-order chi connectivity index (χ1) is 14.0. The predicted molar refractivity (Wildman–Crippen MR) is 103 cm³/mol.